The Labute approximate surface area is 110 Å². The van der Waals surface area contributed by atoms with Crippen LogP contribution in [0.2, 0.25) is 0 Å². The fourth-order valence-corrected chi connectivity index (χ4v) is 2.79. The van der Waals surface area contributed by atoms with Crippen molar-refractivity contribution in [1.29, 1.82) is 0 Å². The SMILES string of the molecule is CC(C)CC(CN)C(=O)NC1(CO)CCCCC1. The fraction of sp³-hybridized carbons (Fsp3) is 0.929. The quantitative estimate of drug-likeness (QED) is 0.673. The molecule has 18 heavy (non-hydrogen) atoms. The van der Waals surface area contributed by atoms with Crippen molar-refractivity contribution in [3.63, 3.8) is 0 Å². The maximum Gasteiger partial charge on any atom is 0.224 e. The van der Waals surface area contributed by atoms with Crippen LogP contribution in [0.5, 0.6) is 0 Å². The van der Waals surface area contributed by atoms with Crippen LogP contribution in [0.4, 0.5) is 0 Å². The summed E-state index contributed by atoms with van der Waals surface area (Å²) in [5, 5.41) is 12.7. The van der Waals surface area contributed by atoms with Crippen LogP contribution < -0.4 is 11.1 Å². The van der Waals surface area contributed by atoms with E-state index in [1.807, 2.05) is 0 Å². The highest BCUT2D eigenvalue weighted by Gasteiger charge is 2.34. The lowest BCUT2D eigenvalue weighted by molar-refractivity contribution is -0.128. The summed E-state index contributed by atoms with van der Waals surface area (Å²) in [6, 6.07) is 0. The maximum atomic E-state index is 12.2. The van der Waals surface area contributed by atoms with Crippen LogP contribution in [0.25, 0.3) is 0 Å². The third kappa shape index (κ3) is 4.25. The standard InChI is InChI=1S/C14H28N2O2/c1-11(2)8-12(9-15)13(18)16-14(10-17)6-4-3-5-7-14/h11-12,17H,3-10,15H2,1-2H3,(H,16,18). The van der Waals surface area contributed by atoms with E-state index in [-0.39, 0.29) is 24.0 Å². The van der Waals surface area contributed by atoms with Gasteiger partial charge in [0.15, 0.2) is 0 Å². The molecular weight excluding hydrogens is 228 g/mol. The van der Waals surface area contributed by atoms with Crippen LogP contribution in [-0.2, 0) is 4.79 Å². The Hall–Kier alpha value is -0.610. The zero-order valence-electron chi connectivity index (χ0n) is 11.7. The third-order valence-corrected chi connectivity index (χ3v) is 3.91. The first kappa shape index (κ1) is 15.4. The summed E-state index contributed by atoms with van der Waals surface area (Å²) in [4.78, 5) is 12.2. The Morgan fingerprint density at radius 1 is 1.33 bits per heavy atom. The Morgan fingerprint density at radius 3 is 2.39 bits per heavy atom. The predicted molar refractivity (Wildman–Crippen MR) is 73.0 cm³/mol. The molecule has 0 bridgehead atoms. The molecule has 1 fully saturated rings. The molecule has 1 saturated carbocycles. The molecule has 0 radical (unpaired) electrons. The number of carbonyl (C=O) groups excluding carboxylic acids is 1. The van der Waals surface area contributed by atoms with Crippen molar-refractivity contribution in [2.75, 3.05) is 13.2 Å². The van der Waals surface area contributed by atoms with E-state index in [1.165, 1.54) is 6.42 Å². The molecule has 106 valence electrons. The summed E-state index contributed by atoms with van der Waals surface area (Å²) in [7, 11) is 0. The molecule has 0 aliphatic heterocycles. The van der Waals surface area contributed by atoms with E-state index in [2.05, 4.69) is 19.2 Å². The first-order valence-corrected chi connectivity index (χ1v) is 7.16. The minimum absolute atomic E-state index is 0.0159. The maximum absolute atomic E-state index is 12.2. The molecule has 4 N–H and O–H groups in total. The van der Waals surface area contributed by atoms with E-state index >= 15 is 0 Å². The van der Waals surface area contributed by atoms with Crippen molar-refractivity contribution in [3.8, 4) is 0 Å². The smallest absolute Gasteiger partial charge is 0.224 e. The molecule has 0 heterocycles. The van der Waals surface area contributed by atoms with Crippen molar-refractivity contribution in [2.24, 2.45) is 17.6 Å². The molecule has 0 aromatic rings. The van der Waals surface area contributed by atoms with Gasteiger partial charge in [0.2, 0.25) is 5.91 Å². The monoisotopic (exact) mass is 256 g/mol. The van der Waals surface area contributed by atoms with E-state index in [0.717, 1.165) is 32.1 Å². The normalized spacial score (nSPS) is 20.7. The van der Waals surface area contributed by atoms with Gasteiger partial charge in [-0.1, -0.05) is 33.1 Å². The number of carbonyl (C=O) groups is 1. The lowest BCUT2D eigenvalue weighted by Gasteiger charge is -2.37. The number of hydrogen-bond acceptors (Lipinski definition) is 3. The minimum Gasteiger partial charge on any atom is -0.394 e. The van der Waals surface area contributed by atoms with Crippen LogP contribution in [0.15, 0.2) is 0 Å². The van der Waals surface area contributed by atoms with Gasteiger partial charge in [-0.2, -0.15) is 0 Å². The number of hydrogen-bond donors (Lipinski definition) is 3. The third-order valence-electron chi connectivity index (χ3n) is 3.91. The summed E-state index contributed by atoms with van der Waals surface area (Å²) < 4.78 is 0. The Balaban J connectivity index is 2.59. The van der Waals surface area contributed by atoms with Crippen molar-refractivity contribution >= 4 is 5.91 Å². The van der Waals surface area contributed by atoms with Crippen LogP contribution in [0, 0.1) is 11.8 Å². The number of nitrogens with two attached hydrogens (primary N) is 1. The summed E-state index contributed by atoms with van der Waals surface area (Å²) in [6.45, 7) is 4.61. The van der Waals surface area contributed by atoms with Gasteiger partial charge in [-0.05, 0) is 25.2 Å². The van der Waals surface area contributed by atoms with Crippen LogP contribution in [0.1, 0.15) is 52.4 Å². The highest BCUT2D eigenvalue weighted by atomic mass is 16.3. The summed E-state index contributed by atoms with van der Waals surface area (Å²) in [5.74, 6) is 0.346. The molecule has 4 heteroatoms. The van der Waals surface area contributed by atoms with Gasteiger partial charge in [-0.15, -0.1) is 0 Å². The molecule has 0 aromatic heterocycles. The van der Waals surface area contributed by atoms with Gasteiger partial charge in [0.05, 0.1) is 18.1 Å². The highest BCUT2D eigenvalue weighted by Crippen LogP contribution is 2.28. The second-order valence-electron chi connectivity index (χ2n) is 6.05. The van der Waals surface area contributed by atoms with Gasteiger partial charge in [-0.25, -0.2) is 0 Å². The zero-order valence-corrected chi connectivity index (χ0v) is 11.7. The van der Waals surface area contributed by atoms with Gasteiger partial charge < -0.3 is 16.2 Å². The number of aliphatic hydroxyl groups excluding tert-OH is 1. The predicted octanol–water partition coefficient (Wildman–Crippen LogP) is 1.42. The van der Waals surface area contributed by atoms with Crippen LogP contribution in [0.3, 0.4) is 0 Å². The minimum atomic E-state index is -0.389. The van der Waals surface area contributed by atoms with Crippen molar-refractivity contribution < 1.29 is 9.90 Å². The zero-order chi connectivity index (χ0) is 13.6. The van der Waals surface area contributed by atoms with Gasteiger partial charge in [-0.3, -0.25) is 4.79 Å². The van der Waals surface area contributed by atoms with E-state index in [9.17, 15) is 9.90 Å². The fourth-order valence-electron chi connectivity index (χ4n) is 2.79. The summed E-state index contributed by atoms with van der Waals surface area (Å²) in [5.41, 5.74) is 5.30. The van der Waals surface area contributed by atoms with Crippen molar-refractivity contribution in [1.82, 2.24) is 5.32 Å². The summed E-state index contributed by atoms with van der Waals surface area (Å²) >= 11 is 0. The van der Waals surface area contributed by atoms with E-state index in [4.69, 9.17) is 5.73 Å². The van der Waals surface area contributed by atoms with Gasteiger partial charge in [0, 0.05) is 6.54 Å². The van der Waals surface area contributed by atoms with Crippen LogP contribution >= 0.6 is 0 Å². The lowest BCUT2D eigenvalue weighted by Crippen LogP contribution is -2.55. The first-order valence-electron chi connectivity index (χ1n) is 7.16. The van der Waals surface area contributed by atoms with E-state index in [0.29, 0.717) is 12.5 Å². The number of nitrogens with one attached hydrogen (secondary N) is 1. The van der Waals surface area contributed by atoms with Crippen molar-refractivity contribution in [2.45, 2.75) is 57.9 Å². The molecule has 1 aliphatic carbocycles. The molecule has 0 aromatic carbocycles. The second-order valence-corrected chi connectivity index (χ2v) is 6.05. The molecule has 1 atom stereocenters. The molecule has 1 rings (SSSR count). The second kappa shape index (κ2) is 7.10. The van der Waals surface area contributed by atoms with Crippen molar-refractivity contribution in [3.05, 3.63) is 0 Å². The Morgan fingerprint density at radius 2 is 1.94 bits per heavy atom. The van der Waals surface area contributed by atoms with Gasteiger partial charge in [0.25, 0.3) is 0 Å². The molecule has 0 spiro atoms. The average Bonchev–Trinajstić information content (AvgIpc) is 2.36. The molecule has 1 amide bonds. The number of amides is 1. The molecule has 1 unspecified atom stereocenters. The largest absolute Gasteiger partial charge is 0.394 e. The van der Waals surface area contributed by atoms with Gasteiger partial charge >= 0.3 is 0 Å². The Bertz CT molecular complexity index is 261. The number of rotatable bonds is 6. The highest BCUT2D eigenvalue weighted by molar-refractivity contribution is 5.79. The van der Waals surface area contributed by atoms with Gasteiger partial charge in [0.1, 0.15) is 0 Å². The summed E-state index contributed by atoms with van der Waals surface area (Å²) in [6.07, 6.45) is 5.94. The molecule has 4 nitrogen and oxygen atoms in total. The number of aliphatic hydroxyl groups is 1. The van der Waals surface area contributed by atoms with E-state index in [1.54, 1.807) is 0 Å². The molecule has 1 aliphatic rings. The topological polar surface area (TPSA) is 75.4 Å². The Kier molecular flexibility index (Phi) is 6.09. The lowest BCUT2D eigenvalue weighted by atomic mass is 9.81. The average molecular weight is 256 g/mol. The van der Waals surface area contributed by atoms with E-state index < -0.39 is 0 Å². The first-order chi connectivity index (χ1) is 8.53. The van der Waals surface area contributed by atoms with Crippen LogP contribution in [-0.4, -0.2) is 29.7 Å². The molecular formula is C14H28N2O2. The molecule has 0 saturated heterocycles.